The van der Waals surface area contributed by atoms with Crippen LogP contribution >= 0.6 is 15.9 Å². The van der Waals surface area contributed by atoms with Crippen molar-refractivity contribution >= 4 is 21.8 Å². The Balaban J connectivity index is 2.10. The van der Waals surface area contributed by atoms with Crippen molar-refractivity contribution in [2.24, 2.45) is 5.41 Å². The molecule has 110 valence electrons. The molecule has 1 amide bonds. The van der Waals surface area contributed by atoms with Crippen LogP contribution in [-0.4, -0.2) is 28.7 Å². The predicted octanol–water partition coefficient (Wildman–Crippen LogP) is 4.51. The van der Waals surface area contributed by atoms with Crippen LogP contribution in [0.1, 0.15) is 71.1 Å². The van der Waals surface area contributed by atoms with Crippen LogP contribution in [0.2, 0.25) is 0 Å². The van der Waals surface area contributed by atoms with E-state index in [1.54, 1.807) is 0 Å². The Morgan fingerprint density at radius 2 is 1.79 bits per heavy atom. The lowest BCUT2D eigenvalue weighted by Crippen LogP contribution is -2.49. The third-order valence-electron chi connectivity index (χ3n) is 5.29. The van der Waals surface area contributed by atoms with Gasteiger partial charge in [-0.2, -0.15) is 0 Å². The Labute approximate surface area is 126 Å². The van der Waals surface area contributed by atoms with Gasteiger partial charge in [0.2, 0.25) is 5.91 Å². The number of carbonyl (C=O) groups excluding carboxylic acids is 1. The topological polar surface area (TPSA) is 20.3 Å². The fourth-order valence-electron chi connectivity index (χ4n) is 4.01. The highest BCUT2D eigenvalue weighted by molar-refractivity contribution is 9.09. The molecule has 3 heteroatoms. The Hall–Kier alpha value is -0.0500. The molecule has 2 rings (SSSR count). The number of nitrogens with zero attached hydrogens (tertiary/aromatic N) is 1. The summed E-state index contributed by atoms with van der Waals surface area (Å²) in [7, 11) is 0. The van der Waals surface area contributed by atoms with E-state index in [-0.39, 0.29) is 5.41 Å². The van der Waals surface area contributed by atoms with E-state index in [0.717, 1.165) is 31.1 Å². The molecule has 0 aliphatic heterocycles. The van der Waals surface area contributed by atoms with E-state index in [1.165, 1.54) is 44.9 Å². The normalized spacial score (nSPS) is 23.5. The molecule has 2 aliphatic rings. The number of hydrogen-bond acceptors (Lipinski definition) is 1. The molecule has 0 bridgehead atoms. The standard InChI is InChI=1S/C16H28BrNO/c1-2-16(10-6-7-11-16)15(19)18(13-12-17)14-8-4-3-5-9-14/h14H,2-13H2,1H3. The maximum Gasteiger partial charge on any atom is 0.229 e. The van der Waals surface area contributed by atoms with Crippen molar-refractivity contribution in [3.8, 4) is 0 Å². The number of hydrogen-bond donors (Lipinski definition) is 0. The van der Waals surface area contributed by atoms with Gasteiger partial charge in [-0.05, 0) is 32.1 Å². The third-order valence-corrected chi connectivity index (χ3v) is 5.65. The number of halogens is 1. The van der Waals surface area contributed by atoms with Crippen LogP contribution in [-0.2, 0) is 4.79 Å². The lowest BCUT2D eigenvalue weighted by molar-refractivity contribution is -0.145. The molecule has 0 unspecified atom stereocenters. The van der Waals surface area contributed by atoms with Gasteiger partial charge in [-0.25, -0.2) is 0 Å². The quantitative estimate of drug-likeness (QED) is 0.679. The van der Waals surface area contributed by atoms with Crippen molar-refractivity contribution in [2.45, 2.75) is 77.2 Å². The summed E-state index contributed by atoms with van der Waals surface area (Å²) in [4.78, 5) is 15.3. The zero-order chi connectivity index (χ0) is 13.7. The van der Waals surface area contributed by atoms with Crippen molar-refractivity contribution in [1.29, 1.82) is 0 Å². The van der Waals surface area contributed by atoms with E-state index in [2.05, 4.69) is 27.8 Å². The zero-order valence-electron chi connectivity index (χ0n) is 12.3. The summed E-state index contributed by atoms with van der Waals surface area (Å²) in [6.07, 6.45) is 12.1. The molecule has 0 aromatic rings. The minimum absolute atomic E-state index is 0.0143. The summed E-state index contributed by atoms with van der Waals surface area (Å²) in [6.45, 7) is 3.10. The van der Waals surface area contributed by atoms with Gasteiger partial charge in [-0.1, -0.05) is 55.0 Å². The van der Waals surface area contributed by atoms with Gasteiger partial charge in [0.1, 0.15) is 0 Å². The minimum atomic E-state index is -0.0143. The number of amides is 1. The third kappa shape index (κ3) is 3.34. The maximum atomic E-state index is 13.1. The molecule has 2 aliphatic carbocycles. The van der Waals surface area contributed by atoms with E-state index < -0.39 is 0 Å². The lowest BCUT2D eigenvalue weighted by atomic mass is 9.80. The molecule has 0 aromatic heterocycles. The van der Waals surface area contributed by atoms with Crippen LogP contribution in [0.25, 0.3) is 0 Å². The lowest BCUT2D eigenvalue weighted by Gasteiger charge is -2.40. The van der Waals surface area contributed by atoms with Gasteiger partial charge in [0.05, 0.1) is 0 Å². The summed E-state index contributed by atoms with van der Waals surface area (Å²) < 4.78 is 0. The first-order chi connectivity index (χ1) is 9.23. The summed E-state index contributed by atoms with van der Waals surface area (Å²) in [6, 6.07) is 0.517. The van der Waals surface area contributed by atoms with Crippen LogP contribution < -0.4 is 0 Å². The Bertz CT molecular complexity index is 293. The second kappa shape index (κ2) is 7.10. The first kappa shape index (κ1) is 15.3. The predicted molar refractivity (Wildman–Crippen MR) is 83.6 cm³/mol. The summed E-state index contributed by atoms with van der Waals surface area (Å²) in [5, 5.41) is 0.912. The van der Waals surface area contributed by atoms with Gasteiger partial charge in [-0.15, -0.1) is 0 Å². The summed E-state index contributed by atoms with van der Waals surface area (Å²) >= 11 is 3.54. The summed E-state index contributed by atoms with van der Waals surface area (Å²) in [5.41, 5.74) is -0.0143. The van der Waals surface area contributed by atoms with Gasteiger partial charge >= 0.3 is 0 Å². The van der Waals surface area contributed by atoms with E-state index in [1.807, 2.05) is 0 Å². The molecule has 0 atom stereocenters. The highest BCUT2D eigenvalue weighted by Gasteiger charge is 2.43. The van der Waals surface area contributed by atoms with E-state index >= 15 is 0 Å². The molecule has 2 fully saturated rings. The molecular weight excluding hydrogens is 302 g/mol. The van der Waals surface area contributed by atoms with Crippen LogP contribution in [0.5, 0.6) is 0 Å². The Morgan fingerprint density at radius 1 is 1.16 bits per heavy atom. The SMILES string of the molecule is CCC1(C(=O)N(CCBr)C2CCCCC2)CCCC1. The molecule has 0 spiro atoms. The molecule has 0 saturated heterocycles. The molecule has 19 heavy (non-hydrogen) atoms. The van der Waals surface area contributed by atoms with Crippen molar-refractivity contribution in [3.05, 3.63) is 0 Å². The van der Waals surface area contributed by atoms with Crippen LogP contribution in [0.3, 0.4) is 0 Å². The average Bonchev–Trinajstić information content (AvgIpc) is 2.95. The van der Waals surface area contributed by atoms with Gasteiger partial charge in [0, 0.05) is 23.3 Å². The smallest absolute Gasteiger partial charge is 0.229 e. The highest BCUT2D eigenvalue weighted by atomic mass is 79.9. The van der Waals surface area contributed by atoms with Crippen LogP contribution in [0.4, 0.5) is 0 Å². The fourth-order valence-corrected chi connectivity index (χ4v) is 4.39. The maximum absolute atomic E-state index is 13.1. The highest BCUT2D eigenvalue weighted by Crippen LogP contribution is 2.43. The number of rotatable bonds is 5. The van der Waals surface area contributed by atoms with E-state index in [4.69, 9.17) is 0 Å². The second-order valence-electron chi connectivity index (χ2n) is 6.32. The second-order valence-corrected chi connectivity index (χ2v) is 7.11. The van der Waals surface area contributed by atoms with Crippen molar-refractivity contribution in [3.63, 3.8) is 0 Å². The first-order valence-electron chi connectivity index (χ1n) is 8.10. The van der Waals surface area contributed by atoms with Crippen molar-refractivity contribution < 1.29 is 4.79 Å². The van der Waals surface area contributed by atoms with Crippen LogP contribution in [0, 0.1) is 5.41 Å². The molecule has 0 aromatic carbocycles. The monoisotopic (exact) mass is 329 g/mol. The average molecular weight is 330 g/mol. The Morgan fingerprint density at radius 3 is 2.32 bits per heavy atom. The van der Waals surface area contributed by atoms with E-state index in [0.29, 0.717) is 11.9 Å². The van der Waals surface area contributed by atoms with Gasteiger partial charge < -0.3 is 4.90 Å². The van der Waals surface area contributed by atoms with E-state index in [9.17, 15) is 4.79 Å². The first-order valence-corrected chi connectivity index (χ1v) is 9.23. The minimum Gasteiger partial charge on any atom is -0.338 e. The number of alkyl halides is 1. The van der Waals surface area contributed by atoms with Crippen LogP contribution in [0.15, 0.2) is 0 Å². The van der Waals surface area contributed by atoms with Gasteiger partial charge in [-0.3, -0.25) is 4.79 Å². The number of carbonyl (C=O) groups is 1. The fraction of sp³-hybridized carbons (Fsp3) is 0.938. The molecular formula is C16H28BrNO. The van der Waals surface area contributed by atoms with Crippen molar-refractivity contribution in [1.82, 2.24) is 4.90 Å². The van der Waals surface area contributed by atoms with Crippen molar-refractivity contribution in [2.75, 3.05) is 11.9 Å². The summed E-state index contributed by atoms with van der Waals surface area (Å²) in [5.74, 6) is 0.471. The molecule has 2 nitrogen and oxygen atoms in total. The largest absolute Gasteiger partial charge is 0.338 e. The van der Waals surface area contributed by atoms with Gasteiger partial charge in [0.25, 0.3) is 0 Å². The molecule has 0 radical (unpaired) electrons. The zero-order valence-corrected chi connectivity index (χ0v) is 13.9. The Kier molecular flexibility index (Phi) is 5.73. The molecule has 0 heterocycles. The molecule has 0 N–H and O–H groups in total. The molecule has 2 saturated carbocycles. The van der Waals surface area contributed by atoms with Gasteiger partial charge in [0.15, 0.2) is 0 Å².